The lowest BCUT2D eigenvalue weighted by molar-refractivity contribution is -0.142. The fourth-order valence-electron chi connectivity index (χ4n) is 1.29. The lowest BCUT2D eigenvalue weighted by Crippen LogP contribution is -2.36. The summed E-state index contributed by atoms with van der Waals surface area (Å²) in [4.78, 5) is 12.4. The second kappa shape index (κ2) is 4.57. The molecule has 11 heavy (non-hydrogen) atoms. The molecule has 1 aliphatic heterocycles. The van der Waals surface area contributed by atoms with Crippen LogP contribution in [0.1, 0.15) is 19.8 Å². The van der Waals surface area contributed by atoms with Crippen molar-refractivity contribution in [2.45, 2.75) is 25.8 Å². The zero-order valence-corrected chi connectivity index (χ0v) is 7.43. The van der Waals surface area contributed by atoms with Crippen molar-refractivity contribution in [2.24, 2.45) is 0 Å². The summed E-state index contributed by atoms with van der Waals surface area (Å²) in [5.41, 5.74) is 0. The van der Waals surface area contributed by atoms with Gasteiger partial charge in [0.15, 0.2) is 0 Å². The van der Waals surface area contributed by atoms with Crippen LogP contribution < -0.4 is 0 Å². The Morgan fingerprint density at radius 3 is 2.27 bits per heavy atom. The summed E-state index contributed by atoms with van der Waals surface area (Å²) in [6.07, 6.45) is 2.30. The molecule has 4 heteroatoms. The molecule has 0 saturated carbocycles. The maximum Gasteiger partial charge on any atom is 0.320 e. The molecule has 1 N–H and O–H groups in total. The van der Waals surface area contributed by atoms with Gasteiger partial charge in [0, 0.05) is 0 Å². The summed E-state index contributed by atoms with van der Waals surface area (Å²) in [6, 6.07) is -0.289. The number of carboxylic acid groups (broad SMARTS) is 1. The van der Waals surface area contributed by atoms with Crippen molar-refractivity contribution in [3.05, 3.63) is 0 Å². The standard InChI is InChI=1S/C7H13NO2.ClH/c1-6(7(9)10)8-4-2-3-5-8;/h6H,2-5H2,1H3,(H,9,10);1H/t6-;/m1./s1. The van der Waals surface area contributed by atoms with Gasteiger partial charge in [-0.1, -0.05) is 0 Å². The van der Waals surface area contributed by atoms with E-state index >= 15 is 0 Å². The molecule has 0 bridgehead atoms. The third-order valence-corrected chi connectivity index (χ3v) is 2.05. The Morgan fingerprint density at radius 2 is 1.91 bits per heavy atom. The Morgan fingerprint density at radius 1 is 1.45 bits per heavy atom. The number of carboxylic acids is 1. The first-order valence-electron chi connectivity index (χ1n) is 3.68. The highest BCUT2D eigenvalue weighted by Gasteiger charge is 2.22. The van der Waals surface area contributed by atoms with Gasteiger partial charge in [0.25, 0.3) is 0 Å². The predicted molar refractivity (Wildman–Crippen MR) is 45.2 cm³/mol. The van der Waals surface area contributed by atoms with E-state index in [1.54, 1.807) is 6.92 Å². The molecule has 0 aromatic rings. The SMILES string of the molecule is C[C@H](C(=O)O)N1CCCC1.Cl. The number of halogens is 1. The van der Waals surface area contributed by atoms with E-state index in [0.29, 0.717) is 0 Å². The minimum atomic E-state index is -0.707. The Kier molecular flexibility index (Phi) is 4.45. The van der Waals surface area contributed by atoms with Gasteiger partial charge in [-0.15, -0.1) is 12.4 Å². The van der Waals surface area contributed by atoms with Crippen LogP contribution in [0.3, 0.4) is 0 Å². The van der Waals surface area contributed by atoms with Crippen LogP contribution in [0.2, 0.25) is 0 Å². The molecule has 0 aliphatic carbocycles. The van der Waals surface area contributed by atoms with Crippen LogP contribution in [-0.2, 0) is 4.79 Å². The highest BCUT2D eigenvalue weighted by molar-refractivity contribution is 5.85. The number of carbonyl (C=O) groups is 1. The molecule has 0 aromatic heterocycles. The molecular formula is C7H14ClNO2. The van der Waals surface area contributed by atoms with Crippen molar-refractivity contribution in [3.8, 4) is 0 Å². The first-order chi connectivity index (χ1) is 4.72. The van der Waals surface area contributed by atoms with Crippen molar-refractivity contribution < 1.29 is 9.90 Å². The summed E-state index contributed by atoms with van der Waals surface area (Å²) >= 11 is 0. The van der Waals surface area contributed by atoms with Gasteiger partial charge < -0.3 is 5.11 Å². The first-order valence-corrected chi connectivity index (χ1v) is 3.68. The van der Waals surface area contributed by atoms with Crippen LogP contribution in [0.5, 0.6) is 0 Å². The third-order valence-electron chi connectivity index (χ3n) is 2.05. The van der Waals surface area contributed by atoms with Crippen molar-refractivity contribution in [1.82, 2.24) is 4.90 Å². The highest BCUT2D eigenvalue weighted by atomic mass is 35.5. The Bertz CT molecular complexity index is 134. The Balaban J connectivity index is 0.000001000. The topological polar surface area (TPSA) is 40.5 Å². The molecule has 1 rings (SSSR count). The fraction of sp³-hybridized carbons (Fsp3) is 0.857. The molecule has 3 nitrogen and oxygen atoms in total. The number of nitrogens with zero attached hydrogens (tertiary/aromatic N) is 1. The average molecular weight is 180 g/mol. The fourth-order valence-corrected chi connectivity index (χ4v) is 1.29. The zero-order chi connectivity index (χ0) is 7.56. The van der Waals surface area contributed by atoms with Crippen molar-refractivity contribution >= 4 is 18.4 Å². The van der Waals surface area contributed by atoms with E-state index in [0.717, 1.165) is 25.9 Å². The van der Waals surface area contributed by atoms with E-state index in [2.05, 4.69) is 0 Å². The van der Waals surface area contributed by atoms with Crippen LogP contribution in [-0.4, -0.2) is 35.1 Å². The molecule has 0 radical (unpaired) electrons. The van der Waals surface area contributed by atoms with Gasteiger partial charge in [-0.3, -0.25) is 9.69 Å². The normalized spacial score (nSPS) is 20.8. The van der Waals surface area contributed by atoms with Gasteiger partial charge in [-0.2, -0.15) is 0 Å². The minimum Gasteiger partial charge on any atom is -0.480 e. The summed E-state index contributed by atoms with van der Waals surface area (Å²) in [5.74, 6) is -0.707. The average Bonchev–Trinajstić information content (AvgIpc) is 2.36. The minimum absolute atomic E-state index is 0. The number of hydrogen-bond donors (Lipinski definition) is 1. The van der Waals surface area contributed by atoms with Gasteiger partial charge in [-0.05, 0) is 32.9 Å². The quantitative estimate of drug-likeness (QED) is 0.687. The summed E-state index contributed by atoms with van der Waals surface area (Å²) < 4.78 is 0. The van der Waals surface area contributed by atoms with Gasteiger partial charge in [0.2, 0.25) is 0 Å². The van der Waals surface area contributed by atoms with Gasteiger partial charge in [0.05, 0.1) is 0 Å². The van der Waals surface area contributed by atoms with Crippen LogP contribution >= 0.6 is 12.4 Å². The first kappa shape index (κ1) is 10.7. The van der Waals surface area contributed by atoms with E-state index in [4.69, 9.17) is 5.11 Å². The van der Waals surface area contributed by atoms with E-state index < -0.39 is 5.97 Å². The molecule has 1 fully saturated rings. The molecular weight excluding hydrogens is 166 g/mol. The molecule has 1 aliphatic rings. The maximum absolute atomic E-state index is 10.4. The number of aliphatic carboxylic acids is 1. The number of likely N-dealkylation sites (tertiary alicyclic amines) is 1. The monoisotopic (exact) mass is 179 g/mol. The predicted octanol–water partition coefficient (Wildman–Crippen LogP) is 0.977. The molecule has 1 atom stereocenters. The van der Waals surface area contributed by atoms with Crippen LogP contribution in [0, 0.1) is 0 Å². The van der Waals surface area contributed by atoms with Crippen LogP contribution in [0.4, 0.5) is 0 Å². The van der Waals surface area contributed by atoms with Crippen LogP contribution in [0.25, 0.3) is 0 Å². The van der Waals surface area contributed by atoms with E-state index in [-0.39, 0.29) is 18.4 Å². The summed E-state index contributed by atoms with van der Waals surface area (Å²) in [5, 5.41) is 8.60. The number of hydrogen-bond acceptors (Lipinski definition) is 2. The van der Waals surface area contributed by atoms with Gasteiger partial charge >= 0.3 is 5.97 Å². The van der Waals surface area contributed by atoms with E-state index in [1.165, 1.54) is 0 Å². The molecule has 66 valence electrons. The van der Waals surface area contributed by atoms with Gasteiger partial charge in [-0.25, -0.2) is 0 Å². The van der Waals surface area contributed by atoms with Crippen molar-refractivity contribution in [1.29, 1.82) is 0 Å². The second-order valence-corrected chi connectivity index (χ2v) is 2.76. The molecule has 1 saturated heterocycles. The summed E-state index contributed by atoms with van der Waals surface area (Å²) in [6.45, 7) is 3.65. The Hall–Kier alpha value is -0.280. The molecule has 0 spiro atoms. The third kappa shape index (κ3) is 2.67. The smallest absolute Gasteiger partial charge is 0.320 e. The van der Waals surface area contributed by atoms with Crippen molar-refractivity contribution in [3.63, 3.8) is 0 Å². The van der Waals surface area contributed by atoms with Crippen molar-refractivity contribution in [2.75, 3.05) is 13.1 Å². The second-order valence-electron chi connectivity index (χ2n) is 2.76. The molecule has 0 unspecified atom stereocenters. The zero-order valence-electron chi connectivity index (χ0n) is 6.62. The summed E-state index contributed by atoms with van der Waals surface area (Å²) in [7, 11) is 0. The maximum atomic E-state index is 10.4. The molecule has 0 aromatic carbocycles. The lowest BCUT2D eigenvalue weighted by Gasteiger charge is -2.18. The molecule has 1 heterocycles. The largest absolute Gasteiger partial charge is 0.480 e. The Labute approximate surface area is 72.8 Å². The van der Waals surface area contributed by atoms with Crippen LogP contribution in [0.15, 0.2) is 0 Å². The number of rotatable bonds is 2. The molecule has 0 amide bonds. The van der Waals surface area contributed by atoms with E-state index in [9.17, 15) is 4.79 Å². The lowest BCUT2D eigenvalue weighted by atomic mass is 10.3. The van der Waals surface area contributed by atoms with E-state index in [1.807, 2.05) is 4.90 Å². The van der Waals surface area contributed by atoms with Gasteiger partial charge in [0.1, 0.15) is 6.04 Å². The highest BCUT2D eigenvalue weighted by Crippen LogP contribution is 2.10.